The minimum atomic E-state index is 0.315. The van der Waals surface area contributed by atoms with Gasteiger partial charge in [0.15, 0.2) is 5.78 Å². The number of aromatic nitrogens is 1. The van der Waals surface area contributed by atoms with Crippen LogP contribution in [-0.4, -0.2) is 24.1 Å². The molecular weight excluding hydrogens is 202 g/mol. The lowest BCUT2D eigenvalue weighted by Gasteiger charge is -2.15. The largest absolute Gasteiger partial charge is 0.385 e. The summed E-state index contributed by atoms with van der Waals surface area (Å²) in [5.74, 6) is 0.315. The second-order valence-electron chi connectivity index (χ2n) is 4.42. The third kappa shape index (κ3) is 2.05. The molecule has 1 aliphatic rings. The molecule has 1 aromatic rings. The molecule has 0 saturated carbocycles. The first-order valence-corrected chi connectivity index (χ1v) is 5.95. The maximum absolute atomic E-state index is 11.7. The number of aryl methyl sites for hydroxylation is 1. The highest BCUT2D eigenvalue weighted by molar-refractivity contribution is 5.98. The van der Waals surface area contributed by atoms with Gasteiger partial charge < -0.3 is 9.30 Å². The number of carbonyl (C=O) groups is 1. The van der Waals surface area contributed by atoms with Crippen LogP contribution >= 0.6 is 0 Å². The third-order valence-corrected chi connectivity index (χ3v) is 3.26. The van der Waals surface area contributed by atoms with Gasteiger partial charge in [-0.3, -0.25) is 4.79 Å². The van der Waals surface area contributed by atoms with Gasteiger partial charge in [0, 0.05) is 43.6 Å². The van der Waals surface area contributed by atoms with Crippen LogP contribution < -0.4 is 0 Å². The Balaban J connectivity index is 2.21. The molecule has 0 radical (unpaired) electrons. The summed E-state index contributed by atoms with van der Waals surface area (Å²) in [7, 11) is 1.72. The number of ether oxygens (including phenoxy) is 1. The minimum absolute atomic E-state index is 0.315. The van der Waals surface area contributed by atoms with E-state index in [1.807, 2.05) is 6.07 Å². The van der Waals surface area contributed by atoms with Crippen LogP contribution in [0.5, 0.6) is 0 Å². The van der Waals surface area contributed by atoms with E-state index in [1.165, 1.54) is 11.4 Å². The molecule has 2 rings (SSSR count). The van der Waals surface area contributed by atoms with Crippen LogP contribution in [0.4, 0.5) is 0 Å². The second-order valence-corrected chi connectivity index (χ2v) is 4.42. The smallest absolute Gasteiger partial charge is 0.164 e. The van der Waals surface area contributed by atoms with Crippen molar-refractivity contribution in [2.24, 2.45) is 0 Å². The number of nitrogens with zero attached hydrogens (tertiary/aromatic N) is 1. The average molecular weight is 221 g/mol. The van der Waals surface area contributed by atoms with E-state index in [2.05, 4.69) is 11.5 Å². The van der Waals surface area contributed by atoms with Crippen LogP contribution in [0, 0.1) is 6.92 Å². The summed E-state index contributed by atoms with van der Waals surface area (Å²) in [4.78, 5) is 11.7. The Morgan fingerprint density at radius 1 is 1.44 bits per heavy atom. The summed E-state index contributed by atoms with van der Waals surface area (Å²) in [5, 5.41) is 0. The van der Waals surface area contributed by atoms with Crippen LogP contribution in [0.3, 0.4) is 0 Å². The van der Waals surface area contributed by atoms with Crippen molar-refractivity contribution < 1.29 is 9.53 Å². The summed E-state index contributed by atoms with van der Waals surface area (Å²) < 4.78 is 7.35. The monoisotopic (exact) mass is 221 g/mol. The van der Waals surface area contributed by atoms with Crippen LogP contribution in [0.15, 0.2) is 6.07 Å². The Labute approximate surface area is 96.4 Å². The molecule has 0 fully saturated rings. The van der Waals surface area contributed by atoms with Gasteiger partial charge in [0.1, 0.15) is 0 Å². The predicted molar refractivity (Wildman–Crippen MR) is 62.9 cm³/mol. The van der Waals surface area contributed by atoms with Crippen LogP contribution in [0.25, 0.3) is 0 Å². The van der Waals surface area contributed by atoms with E-state index in [0.717, 1.165) is 38.0 Å². The second kappa shape index (κ2) is 4.83. The zero-order valence-electron chi connectivity index (χ0n) is 10.1. The first-order valence-electron chi connectivity index (χ1n) is 5.95. The van der Waals surface area contributed by atoms with Gasteiger partial charge in [0.05, 0.1) is 0 Å². The first kappa shape index (κ1) is 11.4. The molecule has 88 valence electrons. The highest BCUT2D eigenvalue weighted by Gasteiger charge is 2.21. The maximum Gasteiger partial charge on any atom is 0.164 e. The van der Waals surface area contributed by atoms with Crippen LogP contribution in [0.1, 0.15) is 41.0 Å². The van der Waals surface area contributed by atoms with Crippen molar-refractivity contribution in [3.05, 3.63) is 23.0 Å². The fourth-order valence-electron chi connectivity index (χ4n) is 2.47. The fraction of sp³-hybridized carbons (Fsp3) is 0.615. The highest BCUT2D eigenvalue weighted by Crippen LogP contribution is 2.25. The molecule has 0 aromatic carbocycles. The van der Waals surface area contributed by atoms with Crippen molar-refractivity contribution in [1.29, 1.82) is 0 Å². The zero-order valence-corrected chi connectivity index (χ0v) is 10.1. The van der Waals surface area contributed by atoms with Crippen LogP contribution in [-0.2, 0) is 17.7 Å². The Hall–Kier alpha value is -1.09. The molecule has 1 aliphatic carbocycles. The standard InChI is InChI=1S/C13H19NO2/c1-10-9-11-12(5-3-6-13(11)15)14(10)7-4-8-16-2/h9H,3-8H2,1-2H3. The van der Waals surface area contributed by atoms with E-state index < -0.39 is 0 Å². The molecule has 1 heterocycles. The summed E-state index contributed by atoms with van der Waals surface area (Å²) >= 11 is 0. The molecule has 3 heteroatoms. The number of Topliss-reactive ketones (excluding diaryl/α,β-unsaturated/α-hetero) is 1. The lowest BCUT2D eigenvalue weighted by Crippen LogP contribution is -2.14. The molecule has 0 spiro atoms. The Morgan fingerprint density at radius 2 is 2.25 bits per heavy atom. The van der Waals surface area contributed by atoms with Crippen molar-refractivity contribution in [2.45, 2.75) is 39.2 Å². The Bertz CT molecular complexity index is 393. The van der Waals surface area contributed by atoms with Gasteiger partial charge >= 0.3 is 0 Å². The van der Waals surface area contributed by atoms with Crippen LogP contribution in [0.2, 0.25) is 0 Å². The van der Waals surface area contributed by atoms with Gasteiger partial charge in [0.25, 0.3) is 0 Å². The van der Waals surface area contributed by atoms with Gasteiger partial charge in [-0.15, -0.1) is 0 Å². The average Bonchev–Trinajstić information content (AvgIpc) is 2.58. The molecule has 16 heavy (non-hydrogen) atoms. The summed E-state index contributed by atoms with van der Waals surface area (Å²) in [6, 6.07) is 2.05. The van der Waals surface area contributed by atoms with E-state index in [4.69, 9.17) is 4.74 Å². The molecule has 0 unspecified atom stereocenters. The lowest BCUT2D eigenvalue weighted by molar-refractivity contribution is 0.0971. The van der Waals surface area contributed by atoms with E-state index in [9.17, 15) is 4.79 Å². The highest BCUT2D eigenvalue weighted by atomic mass is 16.5. The van der Waals surface area contributed by atoms with Crippen molar-refractivity contribution in [3.63, 3.8) is 0 Å². The number of rotatable bonds is 4. The van der Waals surface area contributed by atoms with E-state index in [-0.39, 0.29) is 0 Å². The molecule has 0 N–H and O–H groups in total. The number of ketones is 1. The lowest BCUT2D eigenvalue weighted by atomic mass is 9.96. The van der Waals surface area contributed by atoms with E-state index in [0.29, 0.717) is 12.2 Å². The van der Waals surface area contributed by atoms with Crippen molar-refractivity contribution in [3.8, 4) is 0 Å². The fourth-order valence-corrected chi connectivity index (χ4v) is 2.47. The number of methoxy groups -OCH3 is 1. The van der Waals surface area contributed by atoms with Gasteiger partial charge in [-0.2, -0.15) is 0 Å². The number of carbonyl (C=O) groups excluding carboxylic acids is 1. The normalized spacial score (nSPS) is 15.2. The topological polar surface area (TPSA) is 31.2 Å². The van der Waals surface area contributed by atoms with Gasteiger partial charge in [-0.25, -0.2) is 0 Å². The predicted octanol–water partition coefficient (Wildman–Crippen LogP) is 2.35. The Morgan fingerprint density at radius 3 is 3.00 bits per heavy atom. The maximum atomic E-state index is 11.7. The molecule has 0 amide bonds. The van der Waals surface area contributed by atoms with Gasteiger partial charge in [0.2, 0.25) is 0 Å². The molecule has 0 saturated heterocycles. The third-order valence-electron chi connectivity index (χ3n) is 3.26. The molecule has 0 aliphatic heterocycles. The molecular formula is C13H19NO2. The number of hydrogen-bond acceptors (Lipinski definition) is 2. The number of fused-ring (bicyclic) bond motifs is 1. The van der Waals surface area contributed by atoms with Gasteiger partial charge in [-0.1, -0.05) is 0 Å². The Kier molecular flexibility index (Phi) is 3.44. The number of hydrogen-bond donors (Lipinski definition) is 0. The molecule has 0 atom stereocenters. The van der Waals surface area contributed by atoms with Crippen molar-refractivity contribution in [2.75, 3.05) is 13.7 Å². The SMILES string of the molecule is COCCCn1c(C)cc2c1CCCC2=O. The zero-order chi connectivity index (χ0) is 11.5. The molecule has 3 nitrogen and oxygen atoms in total. The quantitative estimate of drug-likeness (QED) is 0.731. The summed E-state index contributed by atoms with van der Waals surface area (Å²) in [6.45, 7) is 3.82. The molecule has 0 bridgehead atoms. The summed E-state index contributed by atoms with van der Waals surface area (Å²) in [6.07, 6.45) is 3.77. The summed E-state index contributed by atoms with van der Waals surface area (Å²) in [5.41, 5.74) is 3.40. The van der Waals surface area contributed by atoms with E-state index in [1.54, 1.807) is 7.11 Å². The van der Waals surface area contributed by atoms with E-state index >= 15 is 0 Å². The van der Waals surface area contributed by atoms with Gasteiger partial charge in [-0.05, 0) is 32.3 Å². The minimum Gasteiger partial charge on any atom is -0.385 e. The van der Waals surface area contributed by atoms with Crippen molar-refractivity contribution >= 4 is 5.78 Å². The van der Waals surface area contributed by atoms with Crippen molar-refractivity contribution in [1.82, 2.24) is 4.57 Å². The first-order chi connectivity index (χ1) is 7.74. The molecule has 1 aromatic heterocycles.